The number of carbonyl (C=O) groups is 2. The first-order chi connectivity index (χ1) is 13.2. The molecule has 1 fully saturated rings. The largest absolute Gasteiger partial charge is 0.461 e. The summed E-state index contributed by atoms with van der Waals surface area (Å²) in [5.41, 5.74) is 2.01. The van der Waals surface area contributed by atoms with Gasteiger partial charge in [0.25, 0.3) is 0 Å². The Balaban J connectivity index is 1.83. The second kappa shape index (κ2) is 8.23. The summed E-state index contributed by atoms with van der Waals surface area (Å²) >= 11 is 0. The second-order valence-corrected chi connectivity index (χ2v) is 8.88. The maximum atomic E-state index is 13.2. The maximum absolute atomic E-state index is 13.2. The van der Waals surface area contributed by atoms with Gasteiger partial charge < -0.3 is 14.4 Å². The number of rotatable bonds is 5. The molecule has 0 bridgehead atoms. The van der Waals surface area contributed by atoms with Crippen molar-refractivity contribution < 1.29 is 19.1 Å². The normalized spacial score (nSPS) is 21.5. The van der Waals surface area contributed by atoms with Crippen molar-refractivity contribution in [3.05, 3.63) is 17.0 Å². The summed E-state index contributed by atoms with van der Waals surface area (Å²) in [5, 5.41) is 4.56. The summed E-state index contributed by atoms with van der Waals surface area (Å²) < 4.78 is 12.9. The van der Waals surface area contributed by atoms with Crippen molar-refractivity contribution in [1.82, 2.24) is 14.7 Å². The quantitative estimate of drug-likeness (QED) is 0.722. The molecule has 1 atom stereocenters. The van der Waals surface area contributed by atoms with Crippen LogP contribution in [0.2, 0.25) is 0 Å². The number of fused-ring (bicyclic) bond motifs is 1. The van der Waals surface area contributed by atoms with Crippen LogP contribution in [-0.2, 0) is 33.8 Å². The molecule has 3 heterocycles. The Bertz CT molecular complexity index is 738. The van der Waals surface area contributed by atoms with Crippen LogP contribution in [0.25, 0.3) is 0 Å². The van der Waals surface area contributed by atoms with Gasteiger partial charge in [-0.05, 0) is 39.5 Å². The first kappa shape index (κ1) is 20.8. The number of esters is 1. The van der Waals surface area contributed by atoms with Gasteiger partial charge in [-0.2, -0.15) is 5.10 Å². The zero-order valence-electron chi connectivity index (χ0n) is 17.8. The standard InChI is InChI=1S/C21H33N3O4/c1-6-27-20(26)18-16-13-23(9-7-17(16)24(22-18)12-14(2)3)19(25)15-8-10-28-21(4,5)11-15/h14-15H,6-13H2,1-5H3/t15-/m0/s1. The van der Waals surface area contributed by atoms with Crippen LogP contribution < -0.4 is 0 Å². The van der Waals surface area contributed by atoms with Crippen molar-refractivity contribution in [3.8, 4) is 0 Å². The molecule has 156 valence electrons. The highest BCUT2D eigenvalue weighted by Gasteiger charge is 2.37. The van der Waals surface area contributed by atoms with E-state index in [1.54, 1.807) is 6.92 Å². The molecule has 0 N–H and O–H groups in total. The van der Waals surface area contributed by atoms with E-state index in [0.717, 1.165) is 30.6 Å². The summed E-state index contributed by atoms with van der Waals surface area (Å²) in [6.45, 7) is 12.9. The van der Waals surface area contributed by atoms with Gasteiger partial charge in [0.1, 0.15) is 0 Å². The first-order valence-corrected chi connectivity index (χ1v) is 10.4. The smallest absolute Gasteiger partial charge is 0.359 e. The fraction of sp³-hybridized carbons (Fsp3) is 0.762. The highest BCUT2D eigenvalue weighted by molar-refractivity contribution is 5.89. The second-order valence-electron chi connectivity index (χ2n) is 8.88. The van der Waals surface area contributed by atoms with Crippen molar-refractivity contribution in [1.29, 1.82) is 0 Å². The number of amides is 1. The zero-order chi connectivity index (χ0) is 20.5. The van der Waals surface area contributed by atoms with Crippen LogP contribution in [-0.4, -0.2) is 51.9 Å². The molecule has 0 spiro atoms. The lowest BCUT2D eigenvalue weighted by Gasteiger charge is -2.38. The van der Waals surface area contributed by atoms with Crippen molar-refractivity contribution in [2.45, 2.75) is 72.6 Å². The molecule has 1 amide bonds. The van der Waals surface area contributed by atoms with Crippen LogP contribution in [0.15, 0.2) is 0 Å². The number of hydrogen-bond donors (Lipinski definition) is 0. The fourth-order valence-electron chi connectivity index (χ4n) is 4.24. The van der Waals surface area contributed by atoms with E-state index in [2.05, 4.69) is 18.9 Å². The van der Waals surface area contributed by atoms with Crippen molar-refractivity contribution in [3.63, 3.8) is 0 Å². The summed E-state index contributed by atoms with van der Waals surface area (Å²) in [4.78, 5) is 27.5. The first-order valence-electron chi connectivity index (χ1n) is 10.4. The molecule has 28 heavy (non-hydrogen) atoms. The molecule has 1 aromatic heterocycles. The minimum Gasteiger partial charge on any atom is -0.461 e. The SMILES string of the molecule is CCOC(=O)c1nn(CC(C)C)c2c1CN(C(=O)[C@H]1CCOC(C)(C)C1)CC2. The van der Waals surface area contributed by atoms with Crippen molar-refractivity contribution in [2.75, 3.05) is 19.8 Å². The Hall–Kier alpha value is -1.89. The molecule has 2 aliphatic heterocycles. The van der Waals surface area contributed by atoms with Crippen LogP contribution in [0.4, 0.5) is 0 Å². The molecule has 0 aliphatic carbocycles. The van der Waals surface area contributed by atoms with E-state index in [1.807, 2.05) is 23.4 Å². The molecule has 0 aromatic carbocycles. The van der Waals surface area contributed by atoms with Gasteiger partial charge in [0.2, 0.25) is 5.91 Å². The predicted molar refractivity (Wildman–Crippen MR) is 105 cm³/mol. The summed E-state index contributed by atoms with van der Waals surface area (Å²) in [6, 6.07) is 0. The van der Waals surface area contributed by atoms with Gasteiger partial charge in [-0.15, -0.1) is 0 Å². The third kappa shape index (κ3) is 4.40. The molecule has 7 heteroatoms. The van der Waals surface area contributed by atoms with Crippen LogP contribution in [0.3, 0.4) is 0 Å². The van der Waals surface area contributed by atoms with Crippen molar-refractivity contribution in [2.24, 2.45) is 11.8 Å². The minimum absolute atomic E-state index is 0.0259. The molecule has 3 rings (SSSR count). The van der Waals surface area contributed by atoms with Gasteiger partial charge in [-0.25, -0.2) is 4.79 Å². The predicted octanol–water partition coefficient (Wildman–Crippen LogP) is 2.81. The number of aromatic nitrogens is 2. The average molecular weight is 392 g/mol. The number of nitrogens with zero attached hydrogens (tertiary/aromatic N) is 3. The Labute approximate surface area is 167 Å². The van der Waals surface area contributed by atoms with Gasteiger partial charge in [0.15, 0.2) is 5.69 Å². The van der Waals surface area contributed by atoms with E-state index < -0.39 is 5.97 Å². The molecule has 1 aromatic rings. The third-order valence-corrected chi connectivity index (χ3v) is 5.50. The van der Waals surface area contributed by atoms with E-state index in [-0.39, 0.29) is 17.4 Å². The van der Waals surface area contributed by atoms with E-state index in [4.69, 9.17) is 9.47 Å². The molecule has 0 saturated carbocycles. The zero-order valence-corrected chi connectivity index (χ0v) is 17.8. The van der Waals surface area contributed by atoms with Crippen LogP contribution in [0.1, 0.15) is 69.2 Å². The van der Waals surface area contributed by atoms with E-state index in [0.29, 0.717) is 44.3 Å². The van der Waals surface area contributed by atoms with E-state index >= 15 is 0 Å². The minimum atomic E-state index is -0.400. The van der Waals surface area contributed by atoms with Gasteiger partial charge in [0.05, 0.1) is 12.2 Å². The molecule has 1 saturated heterocycles. The lowest BCUT2D eigenvalue weighted by molar-refractivity contribution is -0.146. The fourth-order valence-corrected chi connectivity index (χ4v) is 4.24. The van der Waals surface area contributed by atoms with Gasteiger partial charge in [-0.3, -0.25) is 9.48 Å². The molecular formula is C21H33N3O4. The molecule has 2 aliphatic rings. The van der Waals surface area contributed by atoms with E-state index in [9.17, 15) is 9.59 Å². The molecule has 7 nitrogen and oxygen atoms in total. The van der Waals surface area contributed by atoms with Gasteiger partial charge in [0, 0.05) is 49.8 Å². The average Bonchev–Trinajstić information content (AvgIpc) is 2.97. The summed E-state index contributed by atoms with van der Waals surface area (Å²) in [7, 11) is 0. The lowest BCUT2D eigenvalue weighted by atomic mass is 9.87. The number of ether oxygens (including phenoxy) is 2. The van der Waals surface area contributed by atoms with E-state index in [1.165, 1.54) is 0 Å². The number of carbonyl (C=O) groups excluding carboxylic acids is 2. The van der Waals surface area contributed by atoms with Crippen LogP contribution in [0, 0.1) is 11.8 Å². The Kier molecular flexibility index (Phi) is 6.12. The lowest BCUT2D eigenvalue weighted by Crippen LogP contribution is -2.45. The van der Waals surface area contributed by atoms with Crippen molar-refractivity contribution >= 4 is 11.9 Å². The van der Waals surface area contributed by atoms with Gasteiger partial charge >= 0.3 is 5.97 Å². The highest BCUT2D eigenvalue weighted by atomic mass is 16.5. The topological polar surface area (TPSA) is 73.7 Å². The summed E-state index contributed by atoms with van der Waals surface area (Å²) in [6.07, 6.45) is 2.20. The molecule has 0 radical (unpaired) electrons. The van der Waals surface area contributed by atoms with Gasteiger partial charge in [-0.1, -0.05) is 13.8 Å². The summed E-state index contributed by atoms with van der Waals surface area (Å²) in [5.74, 6) is 0.154. The monoisotopic (exact) mass is 391 g/mol. The Morgan fingerprint density at radius 1 is 1.36 bits per heavy atom. The maximum Gasteiger partial charge on any atom is 0.359 e. The Morgan fingerprint density at radius 3 is 2.75 bits per heavy atom. The highest BCUT2D eigenvalue weighted by Crippen LogP contribution is 2.32. The van der Waals surface area contributed by atoms with Crippen LogP contribution >= 0.6 is 0 Å². The molecular weight excluding hydrogens is 358 g/mol. The Morgan fingerprint density at radius 2 is 2.11 bits per heavy atom. The third-order valence-electron chi connectivity index (χ3n) is 5.50. The van der Waals surface area contributed by atoms with Crippen LogP contribution in [0.5, 0.6) is 0 Å². The molecule has 0 unspecified atom stereocenters. The number of hydrogen-bond acceptors (Lipinski definition) is 5.